The Labute approximate surface area is 92.6 Å². The van der Waals surface area contributed by atoms with Crippen LogP contribution in [0.25, 0.3) is 0 Å². The normalized spacial score (nSPS) is 13.4. The highest BCUT2D eigenvalue weighted by Gasteiger charge is 2.11. The predicted octanol–water partition coefficient (Wildman–Crippen LogP) is 4.44. The van der Waals surface area contributed by atoms with Gasteiger partial charge >= 0.3 is 0 Å². The molecule has 0 rings (SSSR count). The first-order valence-electron chi connectivity index (χ1n) is 4.99. The molecule has 0 radical (unpaired) electrons. The van der Waals surface area contributed by atoms with Crippen molar-refractivity contribution in [3.05, 3.63) is 0 Å². The lowest BCUT2D eigenvalue weighted by atomic mass is 10.3. The number of hydrogen-bond donors (Lipinski definition) is 0. The van der Waals surface area contributed by atoms with Crippen molar-refractivity contribution < 1.29 is 0 Å². The van der Waals surface area contributed by atoms with Gasteiger partial charge in [-0.2, -0.15) is 23.5 Å². The van der Waals surface area contributed by atoms with Crippen LogP contribution in [0, 0.1) is 0 Å². The Morgan fingerprint density at radius 1 is 0.692 bits per heavy atom. The summed E-state index contributed by atoms with van der Waals surface area (Å²) < 4.78 is 0.874. The van der Waals surface area contributed by atoms with Gasteiger partial charge in [-0.25, -0.2) is 0 Å². The highest BCUT2D eigenvalue weighted by molar-refractivity contribution is 8.01. The Morgan fingerprint density at radius 2 is 1.00 bits per heavy atom. The molecule has 0 fully saturated rings. The summed E-state index contributed by atoms with van der Waals surface area (Å²) in [6.45, 7) is 13.7. The van der Waals surface area contributed by atoms with Gasteiger partial charge in [-0.3, -0.25) is 0 Å². The van der Waals surface area contributed by atoms with Gasteiger partial charge in [-0.15, -0.1) is 0 Å². The van der Waals surface area contributed by atoms with Gasteiger partial charge in [0.1, 0.15) is 0 Å². The molecule has 0 bridgehead atoms. The van der Waals surface area contributed by atoms with Crippen LogP contribution in [-0.2, 0) is 0 Å². The topological polar surface area (TPSA) is 0 Å². The van der Waals surface area contributed by atoms with Crippen molar-refractivity contribution in [3.8, 4) is 0 Å². The van der Waals surface area contributed by atoms with Crippen molar-refractivity contribution >= 4 is 23.5 Å². The summed E-state index contributed by atoms with van der Waals surface area (Å²) in [6.07, 6.45) is 1.34. The van der Waals surface area contributed by atoms with E-state index in [1.165, 1.54) is 17.9 Å². The van der Waals surface area contributed by atoms with Crippen LogP contribution >= 0.6 is 23.5 Å². The molecule has 0 aliphatic carbocycles. The molecular weight excluding hydrogens is 196 g/mol. The van der Waals surface area contributed by atoms with Crippen LogP contribution < -0.4 is 0 Å². The van der Waals surface area contributed by atoms with Crippen molar-refractivity contribution in [2.75, 3.05) is 11.5 Å². The van der Waals surface area contributed by atoms with E-state index >= 15 is 0 Å². The van der Waals surface area contributed by atoms with Crippen LogP contribution in [-0.4, -0.2) is 21.0 Å². The molecule has 0 saturated heterocycles. The summed E-state index contributed by atoms with van der Waals surface area (Å²) in [5.74, 6) is 2.60. The Balaban J connectivity index is 3.28. The lowest BCUT2D eigenvalue weighted by Gasteiger charge is -2.19. The second kappa shape index (κ2) is 5.55. The minimum atomic E-state index is 0.437. The van der Waals surface area contributed by atoms with Crippen LogP contribution in [0.5, 0.6) is 0 Å². The first-order chi connectivity index (χ1) is 5.71. The average molecular weight is 220 g/mol. The molecule has 0 aromatic rings. The maximum absolute atomic E-state index is 2.29. The maximum Gasteiger partial charge on any atom is 0.00751 e. The zero-order valence-electron chi connectivity index (χ0n) is 9.94. The standard InChI is InChI=1S/C11H24S2/c1-10(2,3)12-8-7-9-13-11(4,5)6/h7-9H2,1-6H3. The Morgan fingerprint density at radius 3 is 1.23 bits per heavy atom. The molecule has 0 aliphatic heterocycles. The van der Waals surface area contributed by atoms with E-state index in [-0.39, 0.29) is 0 Å². The second-order valence-corrected chi connectivity index (χ2v) is 9.12. The molecule has 0 aromatic carbocycles. The average Bonchev–Trinajstić information content (AvgIpc) is 1.81. The molecule has 0 aliphatic rings. The fourth-order valence-corrected chi connectivity index (χ4v) is 2.80. The fourth-order valence-electron chi connectivity index (χ4n) is 0.816. The van der Waals surface area contributed by atoms with Gasteiger partial charge in [-0.05, 0) is 17.9 Å². The van der Waals surface area contributed by atoms with Gasteiger partial charge < -0.3 is 0 Å². The molecular formula is C11H24S2. The van der Waals surface area contributed by atoms with E-state index in [0.29, 0.717) is 9.49 Å². The van der Waals surface area contributed by atoms with E-state index in [1.54, 1.807) is 0 Å². The third kappa shape index (κ3) is 12.7. The summed E-state index contributed by atoms with van der Waals surface area (Å²) in [7, 11) is 0. The predicted molar refractivity (Wildman–Crippen MR) is 69.0 cm³/mol. The van der Waals surface area contributed by atoms with Gasteiger partial charge in [-0.1, -0.05) is 41.5 Å². The minimum absolute atomic E-state index is 0.437. The molecule has 0 unspecified atom stereocenters. The van der Waals surface area contributed by atoms with Gasteiger partial charge in [0.15, 0.2) is 0 Å². The highest BCUT2D eigenvalue weighted by atomic mass is 32.2. The van der Waals surface area contributed by atoms with Crippen molar-refractivity contribution in [2.24, 2.45) is 0 Å². The van der Waals surface area contributed by atoms with Crippen molar-refractivity contribution in [1.82, 2.24) is 0 Å². The zero-order valence-corrected chi connectivity index (χ0v) is 11.6. The molecule has 0 spiro atoms. The number of thioether (sulfide) groups is 2. The fraction of sp³-hybridized carbons (Fsp3) is 1.00. The summed E-state index contributed by atoms with van der Waals surface area (Å²) in [5, 5.41) is 0. The van der Waals surface area contributed by atoms with Crippen LogP contribution in [0.3, 0.4) is 0 Å². The van der Waals surface area contributed by atoms with Crippen LogP contribution in [0.4, 0.5) is 0 Å². The van der Waals surface area contributed by atoms with E-state index in [2.05, 4.69) is 65.1 Å². The quantitative estimate of drug-likeness (QED) is 0.642. The summed E-state index contributed by atoms with van der Waals surface area (Å²) in [6, 6.07) is 0. The zero-order chi connectivity index (χ0) is 10.5. The van der Waals surface area contributed by atoms with Crippen molar-refractivity contribution in [2.45, 2.75) is 57.5 Å². The van der Waals surface area contributed by atoms with Crippen molar-refractivity contribution in [1.29, 1.82) is 0 Å². The SMILES string of the molecule is CC(C)(C)SCCCSC(C)(C)C. The lowest BCUT2D eigenvalue weighted by molar-refractivity contribution is 0.796. The van der Waals surface area contributed by atoms with Crippen molar-refractivity contribution in [3.63, 3.8) is 0 Å². The molecule has 0 N–H and O–H groups in total. The molecule has 0 aromatic heterocycles. The molecule has 13 heavy (non-hydrogen) atoms. The summed E-state index contributed by atoms with van der Waals surface area (Å²) in [4.78, 5) is 0. The Hall–Kier alpha value is 0.700. The molecule has 2 heteroatoms. The van der Waals surface area contributed by atoms with E-state index < -0.39 is 0 Å². The van der Waals surface area contributed by atoms with E-state index in [0.717, 1.165) is 0 Å². The van der Waals surface area contributed by atoms with Crippen LogP contribution in [0.1, 0.15) is 48.0 Å². The van der Waals surface area contributed by atoms with Crippen LogP contribution in [0.2, 0.25) is 0 Å². The van der Waals surface area contributed by atoms with E-state index in [9.17, 15) is 0 Å². The van der Waals surface area contributed by atoms with Gasteiger partial charge in [0.25, 0.3) is 0 Å². The first kappa shape index (κ1) is 13.7. The summed E-state index contributed by atoms with van der Waals surface area (Å²) in [5.41, 5.74) is 0. The lowest BCUT2D eigenvalue weighted by Crippen LogP contribution is -2.10. The number of hydrogen-bond acceptors (Lipinski definition) is 2. The number of rotatable bonds is 4. The molecule has 0 atom stereocenters. The van der Waals surface area contributed by atoms with Crippen LogP contribution in [0.15, 0.2) is 0 Å². The largest absolute Gasteiger partial charge is 0.156 e. The van der Waals surface area contributed by atoms with Gasteiger partial charge in [0, 0.05) is 9.49 Å². The van der Waals surface area contributed by atoms with Gasteiger partial charge in [0.05, 0.1) is 0 Å². The van der Waals surface area contributed by atoms with Gasteiger partial charge in [0.2, 0.25) is 0 Å². The maximum atomic E-state index is 2.29. The Kier molecular flexibility index (Phi) is 5.85. The third-order valence-electron chi connectivity index (χ3n) is 1.36. The molecule has 0 heterocycles. The monoisotopic (exact) mass is 220 g/mol. The molecule has 80 valence electrons. The summed E-state index contributed by atoms with van der Waals surface area (Å²) >= 11 is 4.14. The Bertz CT molecular complexity index is 112. The third-order valence-corrected chi connectivity index (χ3v) is 4.08. The second-order valence-electron chi connectivity index (χ2n) is 5.28. The molecule has 0 amide bonds. The van der Waals surface area contributed by atoms with E-state index in [4.69, 9.17) is 0 Å². The minimum Gasteiger partial charge on any atom is -0.156 e. The highest BCUT2D eigenvalue weighted by Crippen LogP contribution is 2.27. The van der Waals surface area contributed by atoms with E-state index in [1.807, 2.05) is 0 Å². The smallest absolute Gasteiger partial charge is 0.00751 e. The first-order valence-corrected chi connectivity index (χ1v) is 6.96. The molecule has 0 nitrogen and oxygen atoms in total. The molecule has 0 saturated carbocycles.